The number of carbonyl (C=O) groups excluding carboxylic acids is 3. The van der Waals surface area contributed by atoms with Crippen LogP contribution in [-0.2, 0) is 6.42 Å². The molecule has 1 aliphatic rings. The quantitative estimate of drug-likeness (QED) is 0.381. The Morgan fingerprint density at radius 2 is 1.77 bits per heavy atom. The van der Waals surface area contributed by atoms with Gasteiger partial charge in [-0.1, -0.05) is 18.2 Å². The Balaban J connectivity index is 1.39. The maximum atomic E-state index is 13.8. The van der Waals surface area contributed by atoms with E-state index in [1.54, 1.807) is 48.8 Å². The molecular formula is C25H18F2N4O3S. The molecule has 2 N–H and O–H groups in total. The second-order valence-corrected chi connectivity index (χ2v) is 9.12. The minimum Gasteiger partial charge on any atom is -0.346 e. The van der Waals surface area contributed by atoms with Gasteiger partial charge >= 0.3 is 0 Å². The molecule has 1 aliphatic heterocycles. The molecule has 0 radical (unpaired) electrons. The van der Waals surface area contributed by atoms with Crippen molar-refractivity contribution in [1.29, 1.82) is 0 Å². The first-order chi connectivity index (χ1) is 16.9. The predicted octanol–water partition coefficient (Wildman–Crippen LogP) is 4.05. The number of halogens is 2. The molecule has 35 heavy (non-hydrogen) atoms. The van der Waals surface area contributed by atoms with Gasteiger partial charge in [-0.25, -0.2) is 8.78 Å². The molecule has 3 amide bonds. The van der Waals surface area contributed by atoms with E-state index in [9.17, 15) is 23.2 Å². The molecule has 3 heterocycles. The van der Waals surface area contributed by atoms with Gasteiger partial charge in [0.2, 0.25) is 0 Å². The summed E-state index contributed by atoms with van der Waals surface area (Å²) in [5, 5.41) is 9.48. The predicted molar refractivity (Wildman–Crippen MR) is 125 cm³/mol. The first kappa shape index (κ1) is 22.6. The molecule has 0 fully saturated rings. The molecule has 7 nitrogen and oxygen atoms in total. The van der Waals surface area contributed by atoms with Crippen LogP contribution in [0.2, 0.25) is 0 Å². The summed E-state index contributed by atoms with van der Waals surface area (Å²) in [6, 6.07) is 12.6. The van der Waals surface area contributed by atoms with Crippen molar-refractivity contribution in [1.82, 2.24) is 20.4 Å². The number of nitrogens with one attached hydrogen (secondary N) is 2. The summed E-state index contributed by atoms with van der Waals surface area (Å²) in [7, 11) is 0. The fourth-order valence-electron chi connectivity index (χ4n) is 3.99. The van der Waals surface area contributed by atoms with Crippen molar-refractivity contribution in [2.24, 2.45) is 0 Å². The Morgan fingerprint density at radius 3 is 2.43 bits per heavy atom. The van der Waals surface area contributed by atoms with Gasteiger partial charge in [0.15, 0.2) is 11.6 Å². The highest BCUT2D eigenvalue weighted by Gasteiger charge is 2.36. The first-order valence-corrected chi connectivity index (χ1v) is 11.5. The van der Waals surface area contributed by atoms with Crippen molar-refractivity contribution in [2.45, 2.75) is 12.5 Å². The molecule has 4 aromatic rings. The van der Waals surface area contributed by atoms with Crippen LogP contribution in [-0.4, -0.2) is 45.4 Å². The van der Waals surface area contributed by atoms with Gasteiger partial charge in [-0.05, 0) is 48.4 Å². The van der Waals surface area contributed by atoms with Gasteiger partial charge < -0.3 is 5.32 Å². The standard InChI is InChI=1S/C25H18F2N4O3S/c26-19-6-5-14(10-20(19)27)9-16(13-31-24(33)17-3-1-2-4-18(17)25(31)34)30-23(32)22-8-7-21(35-22)15-11-28-29-12-15/h1-8,10-12,16H,9,13H2,(H,28,29)(H,30,32). The Kier molecular flexibility index (Phi) is 5.96. The third-order valence-corrected chi connectivity index (χ3v) is 6.83. The van der Waals surface area contributed by atoms with Crippen LogP contribution in [0.3, 0.4) is 0 Å². The highest BCUT2D eigenvalue weighted by atomic mass is 32.1. The maximum Gasteiger partial charge on any atom is 0.261 e. The molecule has 1 atom stereocenters. The van der Waals surface area contributed by atoms with Crippen LogP contribution in [0.25, 0.3) is 10.4 Å². The Morgan fingerprint density at radius 1 is 1.03 bits per heavy atom. The zero-order valence-corrected chi connectivity index (χ0v) is 18.9. The number of nitrogens with zero attached hydrogens (tertiary/aromatic N) is 2. The average molecular weight is 493 g/mol. The van der Waals surface area contributed by atoms with E-state index in [0.717, 1.165) is 27.5 Å². The third kappa shape index (κ3) is 4.47. The summed E-state index contributed by atoms with van der Waals surface area (Å²) >= 11 is 1.26. The van der Waals surface area contributed by atoms with E-state index in [1.165, 1.54) is 17.4 Å². The van der Waals surface area contributed by atoms with Crippen LogP contribution < -0.4 is 5.32 Å². The van der Waals surface area contributed by atoms with Gasteiger partial charge in [0.1, 0.15) is 0 Å². The highest BCUT2D eigenvalue weighted by molar-refractivity contribution is 7.17. The number of hydrogen-bond acceptors (Lipinski definition) is 5. The largest absolute Gasteiger partial charge is 0.346 e. The Hall–Kier alpha value is -4.18. The average Bonchev–Trinajstić information content (AvgIpc) is 3.59. The lowest BCUT2D eigenvalue weighted by Gasteiger charge is -2.24. The lowest BCUT2D eigenvalue weighted by molar-refractivity contribution is 0.0629. The molecule has 2 aromatic carbocycles. The monoisotopic (exact) mass is 492 g/mol. The normalized spacial score (nSPS) is 13.7. The van der Waals surface area contributed by atoms with E-state index in [-0.39, 0.29) is 13.0 Å². The Labute approximate surface area is 202 Å². The summed E-state index contributed by atoms with van der Waals surface area (Å²) in [6.45, 7) is -0.128. The van der Waals surface area contributed by atoms with Crippen LogP contribution in [0.4, 0.5) is 8.78 Å². The van der Waals surface area contributed by atoms with Gasteiger partial charge in [-0.2, -0.15) is 5.10 Å². The number of aromatic amines is 1. The van der Waals surface area contributed by atoms with Gasteiger partial charge in [0.25, 0.3) is 17.7 Å². The lowest BCUT2D eigenvalue weighted by atomic mass is 10.0. The van der Waals surface area contributed by atoms with Crippen molar-refractivity contribution < 1.29 is 23.2 Å². The molecule has 5 rings (SSSR count). The Bertz CT molecular complexity index is 1400. The van der Waals surface area contributed by atoms with Crippen LogP contribution in [0.15, 0.2) is 67.0 Å². The third-order valence-electron chi connectivity index (χ3n) is 5.70. The number of hydrogen-bond donors (Lipinski definition) is 2. The number of rotatable bonds is 7. The smallest absolute Gasteiger partial charge is 0.261 e. The second kappa shape index (κ2) is 9.22. The summed E-state index contributed by atoms with van der Waals surface area (Å²) in [5.74, 6) is -3.34. The summed E-state index contributed by atoms with van der Waals surface area (Å²) < 4.78 is 27.2. The minimum atomic E-state index is -1.02. The summed E-state index contributed by atoms with van der Waals surface area (Å²) in [6.07, 6.45) is 3.43. The van der Waals surface area contributed by atoms with Crippen molar-refractivity contribution in [3.05, 3.63) is 100 Å². The minimum absolute atomic E-state index is 0.0797. The van der Waals surface area contributed by atoms with Gasteiger partial charge in [-0.3, -0.25) is 24.4 Å². The first-order valence-electron chi connectivity index (χ1n) is 10.7. The molecule has 176 valence electrons. The van der Waals surface area contributed by atoms with Crippen LogP contribution in [0, 0.1) is 11.6 Å². The van der Waals surface area contributed by atoms with E-state index >= 15 is 0 Å². The van der Waals surface area contributed by atoms with Crippen molar-refractivity contribution in [2.75, 3.05) is 6.54 Å². The maximum absolute atomic E-state index is 13.8. The molecule has 0 bridgehead atoms. The molecule has 10 heteroatoms. The summed E-state index contributed by atoms with van der Waals surface area (Å²) in [4.78, 5) is 41.1. The van der Waals surface area contributed by atoms with Gasteiger partial charge in [0, 0.05) is 23.2 Å². The number of aromatic nitrogens is 2. The second-order valence-electron chi connectivity index (χ2n) is 8.04. The zero-order valence-electron chi connectivity index (χ0n) is 18.1. The van der Waals surface area contributed by atoms with Crippen molar-refractivity contribution >= 4 is 29.1 Å². The fraction of sp³-hybridized carbons (Fsp3) is 0.120. The molecule has 2 aromatic heterocycles. The molecule has 1 unspecified atom stereocenters. The van der Waals surface area contributed by atoms with Crippen LogP contribution in [0.1, 0.15) is 36.0 Å². The van der Waals surface area contributed by atoms with E-state index in [1.807, 2.05) is 0 Å². The molecule has 0 saturated heterocycles. The molecular weight excluding hydrogens is 474 g/mol. The van der Waals surface area contributed by atoms with Gasteiger partial charge in [0.05, 0.1) is 28.2 Å². The molecule has 0 saturated carbocycles. The van der Waals surface area contributed by atoms with Gasteiger partial charge in [-0.15, -0.1) is 11.3 Å². The number of fused-ring (bicyclic) bond motifs is 1. The van der Waals surface area contributed by atoms with Crippen molar-refractivity contribution in [3.63, 3.8) is 0 Å². The highest BCUT2D eigenvalue weighted by Crippen LogP contribution is 2.28. The number of amides is 3. The lowest BCUT2D eigenvalue weighted by Crippen LogP contribution is -2.46. The van der Waals surface area contributed by atoms with E-state index < -0.39 is 35.4 Å². The van der Waals surface area contributed by atoms with Crippen LogP contribution >= 0.6 is 11.3 Å². The molecule has 0 aliphatic carbocycles. The number of H-pyrrole nitrogens is 1. The number of imide groups is 1. The zero-order chi connectivity index (χ0) is 24.5. The fourth-order valence-corrected chi connectivity index (χ4v) is 4.89. The summed E-state index contributed by atoms with van der Waals surface area (Å²) in [5.41, 5.74) is 1.83. The SMILES string of the molecule is O=C(NC(Cc1ccc(F)c(F)c1)CN1C(=O)c2ccccc2C1=O)c1ccc(-c2cn[nH]c2)s1. The van der Waals surface area contributed by atoms with E-state index in [2.05, 4.69) is 15.5 Å². The van der Waals surface area contributed by atoms with Crippen LogP contribution in [0.5, 0.6) is 0 Å². The van der Waals surface area contributed by atoms with E-state index in [0.29, 0.717) is 21.6 Å². The topological polar surface area (TPSA) is 95.2 Å². The molecule has 0 spiro atoms. The number of thiophene rings is 1. The number of carbonyl (C=O) groups is 3. The van der Waals surface area contributed by atoms with Crippen molar-refractivity contribution in [3.8, 4) is 10.4 Å². The van der Waals surface area contributed by atoms with E-state index in [4.69, 9.17) is 0 Å². The number of benzene rings is 2.